The van der Waals surface area contributed by atoms with Crippen LogP contribution in [0.2, 0.25) is 0 Å². The third-order valence-electron chi connectivity index (χ3n) is 3.01. The lowest BCUT2D eigenvalue weighted by molar-refractivity contribution is 0.627. The van der Waals surface area contributed by atoms with Crippen LogP contribution in [0, 0.1) is 5.82 Å². The molecule has 0 saturated carbocycles. The zero-order chi connectivity index (χ0) is 11.7. The van der Waals surface area contributed by atoms with Gasteiger partial charge in [-0.25, -0.2) is 4.39 Å². The molecule has 2 aromatic rings. The fourth-order valence-corrected chi connectivity index (χ4v) is 2.13. The van der Waals surface area contributed by atoms with E-state index in [-0.39, 0.29) is 11.9 Å². The number of fused-ring (bicyclic) bond motifs is 1. The topological polar surface area (TPSA) is 24.1 Å². The fraction of sp³-hybridized carbons (Fsp3) is 0.143. The van der Waals surface area contributed by atoms with Crippen molar-refractivity contribution < 1.29 is 4.39 Å². The normalized spacial score (nSPS) is 17.8. The molecule has 1 heterocycles. The summed E-state index contributed by atoms with van der Waals surface area (Å²) in [5.41, 5.74) is 2.98. The average molecular weight is 228 g/mol. The van der Waals surface area contributed by atoms with Crippen molar-refractivity contribution in [2.75, 3.05) is 17.2 Å². The van der Waals surface area contributed by atoms with E-state index in [4.69, 9.17) is 0 Å². The summed E-state index contributed by atoms with van der Waals surface area (Å²) in [6.07, 6.45) is 0. The van der Waals surface area contributed by atoms with Crippen LogP contribution in [0.5, 0.6) is 0 Å². The molecule has 17 heavy (non-hydrogen) atoms. The van der Waals surface area contributed by atoms with Gasteiger partial charge in [-0.2, -0.15) is 0 Å². The molecule has 1 atom stereocenters. The quantitative estimate of drug-likeness (QED) is 0.781. The summed E-state index contributed by atoms with van der Waals surface area (Å²) in [7, 11) is 0. The van der Waals surface area contributed by atoms with Gasteiger partial charge in [-0.15, -0.1) is 0 Å². The van der Waals surface area contributed by atoms with Gasteiger partial charge in [0.1, 0.15) is 5.82 Å². The molecule has 3 rings (SSSR count). The van der Waals surface area contributed by atoms with Crippen molar-refractivity contribution in [2.24, 2.45) is 0 Å². The van der Waals surface area contributed by atoms with E-state index in [1.54, 1.807) is 6.07 Å². The molecule has 0 fully saturated rings. The van der Waals surface area contributed by atoms with Crippen LogP contribution in [-0.2, 0) is 0 Å². The van der Waals surface area contributed by atoms with Gasteiger partial charge in [0.05, 0.1) is 17.4 Å². The Balaban J connectivity index is 1.90. The Morgan fingerprint density at radius 3 is 2.65 bits per heavy atom. The second-order valence-corrected chi connectivity index (χ2v) is 4.18. The summed E-state index contributed by atoms with van der Waals surface area (Å²) >= 11 is 0. The van der Waals surface area contributed by atoms with Crippen molar-refractivity contribution in [1.29, 1.82) is 0 Å². The summed E-state index contributed by atoms with van der Waals surface area (Å²) in [6, 6.07) is 15.1. The van der Waals surface area contributed by atoms with Crippen LogP contribution in [0.3, 0.4) is 0 Å². The van der Waals surface area contributed by atoms with E-state index in [0.717, 1.165) is 17.9 Å². The Morgan fingerprint density at radius 2 is 1.82 bits per heavy atom. The lowest BCUT2D eigenvalue weighted by atomic mass is 10.0. The van der Waals surface area contributed by atoms with Gasteiger partial charge in [-0.1, -0.05) is 30.3 Å². The lowest BCUT2D eigenvalue weighted by Crippen LogP contribution is -2.25. The summed E-state index contributed by atoms with van der Waals surface area (Å²) in [4.78, 5) is 0. The minimum absolute atomic E-state index is 0.186. The number of hydrogen-bond acceptors (Lipinski definition) is 2. The van der Waals surface area contributed by atoms with Gasteiger partial charge >= 0.3 is 0 Å². The zero-order valence-electron chi connectivity index (χ0n) is 9.28. The Labute approximate surface area is 99.5 Å². The molecular weight excluding hydrogens is 215 g/mol. The van der Waals surface area contributed by atoms with Crippen LogP contribution in [0.1, 0.15) is 11.6 Å². The van der Waals surface area contributed by atoms with Crippen LogP contribution in [0.4, 0.5) is 15.8 Å². The van der Waals surface area contributed by atoms with E-state index in [2.05, 4.69) is 22.8 Å². The van der Waals surface area contributed by atoms with Gasteiger partial charge in [-0.05, 0) is 23.8 Å². The molecule has 0 aliphatic carbocycles. The minimum atomic E-state index is -0.216. The van der Waals surface area contributed by atoms with Crippen molar-refractivity contribution in [3.63, 3.8) is 0 Å². The predicted molar refractivity (Wildman–Crippen MR) is 67.7 cm³/mol. The van der Waals surface area contributed by atoms with Gasteiger partial charge in [0, 0.05) is 6.54 Å². The van der Waals surface area contributed by atoms with Crippen LogP contribution in [0.15, 0.2) is 48.5 Å². The van der Waals surface area contributed by atoms with Gasteiger partial charge in [0.25, 0.3) is 0 Å². The first-order valence-electron chi connectivity index (χ1n) is 5.68. The first-order valence-corrected chi connectivity index (χ1v) is 5.68. The maximum absolute atomic E-state index is 13.2. The largest absolute Gasteiger partial charge is 0.381 e. The Hall–Kier alpha value is -2.03. The van der Waals surface area contributed by atoms with Gasteiger partial charge in [0.2, 0.25) is 0 Å². The molecule has 0 radical (unpaired) electrons. The number of nitrogens with one attached hydrogen (secondary N) is 2. The number of benzene rings is 2. The van der Waals surface area contributed by atoms with E-state index in [1.807, 2.05) is 18.2 Å². The van der Waals surface area contributed by atoms with Gasteiger partial charge in [0.15, 0.2) is 0 Å². The monoisotopic (exact) mass is 228 g/mol. The van der Waals surface area contributed by atoms with Crippen molar-refractivity contribution in [2.45, 2.75) is 6.04 Å². The van der Waals surface area contributed by atoms with Crippen LogP contribution >= 0.6 is 0 Å². The van der Waals surface area contributed by atoms with Crippen LogP contribution < -0.4 is 10.6 Å². The van der Waals surface area contributed by atoms with E-state index in [1.165, 1.54) is 17.7 Å². The summed E-state index contributed by atoms with van der Waals surface area (Å²) in [6.45, 7) is 0.808. The average Bonchev–Trinajstić information content (AvgIpc) is 2.39. The van der Waals surface area contributed by atoms with E-state index in [9.17, 15) is 4.39 Å². The van der Waals surface area contributed by atoms with Crippen LogP contribution in [-0.4, -0.2) is 6.54 Å². The second-order valence-electron chi connectivity index (χ2n) is 4.18. The molecule has 2 N–H and O–H groups in total. The van der Waals surface area contributed by atoms with Crippen molar-refractivity contribution in [3.05, 3.63) is 59.9 Å². The number of rotatable bonds is 1. The van der Waals surface area contributed by atoms with Gasteiger partial charge < -0.3 is 10.6 Å². The molecule has 86 valence electrons. The summed E-state index contributed by atoms with van der Waals surface area (Å²) < 4.78 is 13.2. The zero-order valence-corrected chi connectivity index (χ0v) is 9.28. The first kappa shape index (κ1) is 10.1. The van der Waals surface area contributed by atoms with Crippen molar-refractivity contribution in [1.82, 2.24) is 0 Å². The molecular formula is C14H13FN2. The van der Waals surface area contributed by atoms with Crippen molar-refractivity contribution >= 4 is 11.4 Å². The molecule has 0 bridgehead atoms. The molecule has 1 aliphatic rings. The maximum atomic E-state index is 13.2. The molecule has 0 saturated heterocycles. The van der Waals surface area contributed by atoms with Crippen molar-refractivity contribution in [3.8, 4) is 0 Å². The smallest absolute Gasteiger partial charge is 0.125 e. The molecule has 1 unspecified atom stereocenters. The minimum Gasteiger partial charge on any atom is -0.381 e. The Morgan fingerprint density at radius 1 is 1.00 bits per heavy atom. The molecule has 3 heteroatoms. The molecule has 2 nitrogen and oxygen atoms in total. The van der Waals surface area contributed by atoms with Crippen LogP contribution in [0.25, 0.3) is 0 Å². The molecule has 0 aromatic heterocycles. The lowest BCUT2D eigenvalue weighted by Gasteiger charge is -2.28. The SMILES string of the molecule is Fc1ccc2c(c1)NC(c1ccccc1)CN2. The Bertz CT molecular complexity index is 525. The highest BCUT2D eigenvalue weighted by molar-refractivity contribution is 5.71. The highest BCUT2D eigenvalue weighted by atomic mass is 19.1. The molecule has 0 amide bonds. The molecule has 1 aliphatic heterocycles. The fourth-order valence-electron chi connectivity index (χ4n) is 2.13. The maximum Gasteiger partial charge on any atom is 0.125 e. The van der Waals surface area contributed by atoms with E-state index >= 15 is 0 Å². The first-order chi connectivity index (χ1) is 8.33. The second kappa shape index (κ2) is 4.09. The Kier molecular flexibility index (Phi) is 2.44. The summed E-state index contributed by atoms with van der Waals surface area (Å²) in [5, 5.41) is 6.66. The summed E-state index contributed by atoms with van der Waals surface area (Å²) in [5.74, 6) is -0.216. The predicted octanol–water partition coefficient (Wildman–Crippen LogP) is 3.40. The highest BCUT2D eigenvalue weighted by Gasteiger charge is 2.18. The van der Waals surface area contributed by atoms with Gasteiger partial charge in [-0.3, -0.25) is 0 Å². The van der Waals surface area contributed by atoms with E-state index < -0.39 is 0 Å². The number of halogens is 1. The molecule has 2 aromatic carbocycles. The number of hydrogen-bond donors (Lipinski definition) is 2. The third-order valence-corrected chi connectivity index (χ3v) is 3.01. The van der Waals surface area contributed by atoms with E-state index in [0.29, 0.717) is 0 Å². The highest BCUT2D eigenvalue weighted by Crippen LogP contribution is 2.31. The third kappa shape index (κ3) is 1.96. The number of anilines is 2. The molecule has 0 spiro atoms. The standard InChI is InChI=1S/C14H13FN2/c15-11-6-7-12-13(8-11)17-14(9-16-12)10-4-2-1-3-5-10/h1-8,14,16-17H,9H2.